The Morgan fingerprint density at radius 3 is 2.63 bits per heavy atom. The number of hydrogen-bond donors (Lipinski definition) is 0. The van der Waals surface area contributed by atoms with Crippen molar-refractivity contribution < 1.29 is 9.18 Å². The summed E-state index contributed by atoms with van der Waals surface area (Å²) in [5, 5.41) is 0. The van der Waals surface area contributed by atoms with Crippen LogP contribution in [0, 0.1) is 5.82 Å². The van der Waals surface area contributed by atoms with Gasteiger partial charge < -0.3 is 4.57 Å². The lowest BCUT2D eigenvalue weighted by Gasteiger charge is -2.20. The van der Waals surface area contributed by atoms with Gasteiger partial charge in [-0.2, -0.15) is 0 Å². The molecule has 0 spiro atoms. The van der Waals surface area contributed by atoms with Crippen molar-refractivity contribution in [2.24, 2.45) is 0 Å². The van der Waals surface area contributed by atoms with Gasteiger partial charge in [0.1, 0.15) is 5.82 Å². The predicted octanol–water partition coefficient (Wildman–Crippen LogP) is 3.76. The maximum Gasteiger partial charge on any atom is 0.164 e. The van der Waals surface area contributed by atoms with Gasteiger partial charge in [-0.3, -0.25) is 4.79 Å². The van der Waals surface area contributed by atoms with Gasteiger partial charge in [0.05, 0.1) is 6.04 Å². The van der Waals surface area contributed by atoms with Crippen LogP contribution in [0.2, 0.25) is 0 Å². The van der Waals surface area contributed by atoms with Gasteiger partial charge in [0.2, 0.25) is 0 Å². The molecule has 0 fully saturated rings. The first-order chi connectivity index (χ1) is 9.16. The summed E-state index contributed by atoms with van der Waals surface area (Å²) >= 11 is 0. The molecule has 1 atom stereocenters. The molecule has 1 aliphatic carbocycles. The second-order valence-corrected chi connectivity index (χ2v) is 5.09. The zero-order valence-electron chi connectivity index (χ0n) is 10.9. The summed E-state index contributed by atoms with van der Waals surface area (Å²) in [6.07, 6.45) is 4.50. The van der Waals surface area contributed by atoms with Crippen molar-refractivity contribution in [3.05, 3.63) is 59.2 Å². The third-order valence-corrected chi connectivity index (χ3v) is 3.91. The summed E-state index contributed by atoms with van der Waals surface area (Å²) in [6, 6.07) is 8.60. The lowest BCUT2D eigenvalue weighted by Crippen LogP contribution is -2.15. The van der Waals surface area contributed by atoms with Gasteiger partial charge in [-0.25, -0.2) is 4.39 Å². The molecule has 0 amide bonds. The molecule has 0 radical (unpaired) electrons. The number of halogens is 1. The Kier molecular flexibility index (Phi) is 2.97. The molecule has 19 heavy (non-hydrogen) atoms. The maximum atomic E-state index is 13.0. The van der Waals surface area contributed by atoms with Gasteiger partial charge in [-0.05, 0) is 43.5 Å². The summed E-state index contributed by atoms with van der Waals surface area (Å²) in [5.74, 6) is 0.0203. The average Bonchev–Trinajstić information content (AvgIpc) is 2.84. The van der Waals surface area contributed by atoms with Gasteiger partial charge in [0.15, 0.2) is 5.78 Å². The molecule has 3 heteroatoms. The second kappa shape index (κ2) is 4.65. The molecule has 0 aliphatic heterocycles. The molecule has 1 unspecified atom stereocenters. The van der Waals surface area contributed by atoms with E-state index in [9.17, 15) is 9.18 Å². The third kappa shape index (κ3) is 2.09. The predicted molar refractivity (Wildman–Crippen MR) is 71.9 cm³/mol. The highest BCUT2D eigenvalue weighted by Gasteiger charge is 2.22. The molecule has 0 saturated carbocycles. The largest absolute Gasteiger partial charge is 0.344 e. The lowest BCUT2D eigenvalue weighted by molar-refractivity contribution is 0.0971. The van der Waals surface area contributed by atoms with Crippen molar-refractivity contribution >= 4 is 5.78 Å². The van der Waals surface area contributed by atoms with E-state index >= 15 is 0 Å². The molecule has 1 aromatic carbocycles. The van der Waals surface area contributed by atoms with Crippen molar-refractivity contribution in [1.29, 1.82) is 0 Å². The van der Waals surface area contributed by atoms with Gasteiger partial charge >= 0.3 is 0 Å². The van der Waals surface area contributed by atoms with Crippen molar-refractivity contribution in [3.8, 4) is 0 Å². The second-order valence-electron chi connectivity index (χ2n) is 5.09. The van der Waals surface area contributed by atoms with E-state index in [0.29, 0.717) is 6.42 Å². The normalized spacial score (nSPS) is 16.2. The average molecular weight is 257 g/mol. The molecule has 98 valence electrons. The first kappa shape index (κ1) is 12.2. The topological polar surface area (TPSA) is 22.0 Å². The summed E-state index contributed by atoms with van der Waals surface area (Å²) in [4.78, 5) is 11.8. The number of benzene rings is 1. The molecular formula is C16H16FNO. The Morgan fingerprint density at radius 2 is 1.89 bits per heavy atom. The quantitative estimate of drug-likeness (QED) is 0.803. The molecule has 0 N–H and O–H groups in total. The Morgan fingerprint density at radius 1 is 1.16 bits per heavy atom. The van der Waals surface area contributed by atoms with Crippen molar-refractivity contribution in [1.82, 2.24) is 4.57 Å². The third-order valence-electron chi connectivity index (χ3n) is 3.91. The van der Waals surface area contributed by atoms with Gasteiger partial charge in [0, 0.05) is 23.9 Å². The molecule has 1 heterocycles. The highest BCUT2D eigenvalue weighted by molar-refractivity contribution is 5.98. The van der Waals surface area contributed by atoms with Crippen molar-refractivity contribution in [2.75, 3.05) is 0 Å². The first-order valence-electron chi connectivity index (χ1n) is 6.65. The van der Waals surface area contributed by atoms with Gasteiger partial charge in [-0.1, -0.05) is 12.1 Å². The molecule has 3 rings (SSSR count). The van der Waals surface area contributed by atoms with Crippen LogP contribution in [0.1, 0.15) is 47.4 Å². The SMILES string of the molecule is CC(c1ccc(F)cc1)n1ccc2c1CCCC2=O. The molecule has 1 aromatic heterocycles. The fraction of sp³-hybridized carbons (Fsp3) is 0.312. The minimum absolute atomic E-state index is 0.121. The van der Waals surface area contributed by atoms with Crippen LogP contribution < -0.4 is 0 Å². The highest BCUT2D eigenvalue weighted by atomic mass is 19.1. The Balaban J connectivity index is 1.98. The van der Waals surface area contributed by atoms with E-state index in [4.69, 9.17) is 0 Å². The number of Topliss-reactive ketones (excluding diaryl/α,β-unsaturated/α-hetero) is 1. The maximum absolute atomic E-state index is 13.0. The Bertz CT molecular complexity index is 612. The molecule has 2 nitrogen and oxygen atoms in total. The van der Waals surface area contributed by atoms with Crippen molar-refractivity contribution in [3.63, 3.8) is 0 Å². The minimum atomic E-state index is -0.222. The van der Waals surface area contributed by atoms with Crippen LogP contribution in [-0.2, 0) is 6.42 Å². The highest BCUT2D eigenvalue weighted by Crippen LogP contribution is 2.28. The zero-order valence-corrected chi connectivity index (χ0v) is 10.9. The van der Waals surface area contributed by atoms with E-state index < -0.39 is 0 Å². The van der Waals surface area contributed by atoms with Crippen LogP contribution in [0.4, 0.5) is 4.39 Å². The minimum Gasteiger partial charge on any atom is -0.344 e. The van der Waals surface area contributed by atoms with E-state index in [0.717, 1.165) is 29.7 Å². The summed E-state index contributed by atoms with van der Waals surface area (Å²) in [5.41, 5.74) is 3.03. The Labute approximate surface area is 111 Å². The van der Waals surface area contributed by atoms with E-state index in [1.54, 1.807) is 12.1 Å². The number of rotatable bonds is 2. The smallest absolute Gasteiger partial charge is 0.164 e. The van der Waals surface area contributed by atoms with E-state index in [1.165, 1.54) is 12.1 Å². The van der Waals surface area contributed by atoms with Crippen LogP contribution >= 0.6 is 0 Å². The first-order valence-corrected chi connectivity index (χ1v) is 6.65. The Hall–Kier alpha value is -1.90. The fourth-order valence-electron chi connectivity index (χ4n) is 2.81. The number of fused-ring (bicyclic) bond motifs is 1. The van der Waals surface area contributed by atoms with Crippen molar-refractivity contribution in [2.45, 2.75) is 32.2 Å². The summed E-state index contributed by atoms with van der Waals surface area (Å²) < 4.78 is 15.1. The van der Waals surface area contributed by atoms with Crippen LogP contribution in [0.5, 0.6) is 0 Å². The number of hydrogen-bond acceptors (Lipinski definition) is 1. The summed E-state index contributed by atoms with van der Waals surface area (Å²) in [7, 11) is 0. The molecular weight excluding hydrogens is 241 g/mol. The molecule has 0 saturated heterocycles. The van der Waals surface area contributed by atoms with E-state index in [1.807, 2.05) is 12.3 Å². The van der Waals surface area contributed by atoms with Crippen LogP contribution in [0.15, 0.2) is 36.5 Å². The van der Waals surface area contributed by atoms with Gasteiger partial charge in [0.25, 0.3) is 0 Å². The molecule has 1 aliphatic rings. The number of ketones is 1. The standard InChI is InChI=1S/C16H16FNO/c1-11(12-5-7-13(17)8-6-12)18-10-9-14-15(18)3-2-4-16(14)19/h5-11H,2-4H2,1H3. The number of aromatic nitrogens is 1. The van der Waals surface area contributed by atoms with Gasteiger partial charge in [-0.15, -0.1) is 0 Å². The van der Waals surface area contributed by atoms with Crippen LogP contribution in [0.3, 0.4) is 0 Å². The van der Waals surface area contributed by atoms with Crippen LogP contribution in [0.25, 0.3) is 0 Å². The van der Waals surface area contributed by atoms with E-state index in [-0.39, 0.29) is 17.6 Å². The van der Waals surface area contributed by atoms with E-state index in [2.05, 4.69) is 11.5 Å². The number of carbonyl (C=O) groups excluding carboxylic acids is 1. The lowest BCUT2D eigenvalue weighted by atomic mass is 9.96. The number of carbonyl (C=O) groups is 1. The number of nitrogens with zero attached hydrogens (tertiary/aromatic N) is 1. The van der Waals surface area contributed by atoms with Crippen LogP contribution in [-0.4, -0.2) is 10.4 Å². The molecule has 0 bridgehead atoms. The molecule has 2 aromatic rings. The monoisotopic (exact) mass is 257 g/mol. The summed E-state index contributed by atoms with van der Waals surface area (Å²) in [6.45, 7) is 2.08. The fourth-order valence-corrected chi connectivity index (χ4v) is 2.81. The zero-order chi connectivity index (χ0) is 13.4.